The van der Waals surface area contributed by atoms with Gasteiger partial charge >= 0.3 is 0 Å². The topological polar surface area (TPSA) is 82.0 Å². The van der Waals surface area contributed by atoms with Gasteiger partial charge in [-0.25, -0.2) is 21.9 Å². The highest BCUT2D eigenvalue weighted by molar-refractivity contribution is 7.89. The molecular formula is C12H13F2N3O2S. The van der Waals surface area contributed by atoms with Gasteiger partial charge in [-0.15, -0.1) is 0 Å². The zero-order valence-electron chi connectivity index (χ0n) is 10.5. The summed E-state index contributed by atoms with van der Waals surface area (Å²) in [7, 11) is -4.30. The van der Waals surface area contributed by atoms with Gasteiger partial charge in [-0.2, -0.15) is 5.26 Å². The average Bonchev–Trinajstić information content (AvgIpc) is 2.37. The lowest BCUT2D eigenvalue weighted by atomic mass is 10.1. The van der Waals surface area contributed by atoms with Crippen LogP contribution in [0.3, 0.4) is 0 Å². The van der Waals surface area contributed by atoms with Crippen LogP contribution in [-0.4, -0.2) is 27.5 Å². The first-order valence-electron chi connectivity index (χ1n) is 6.06. The van der Waals surface area contributed by atoms with E-state index in [-0.39, 0.29) is 5.56 Å². The summed E-state index contributed by atoms with van der Waals surface area (Å²) in [6, 6.07) is 2.57. The van der Waals surface area contributed by atoms with Crippen molar-refractivity contribution >= 4 is 10.0 Å². The van der Waals surface area contributed by atoms with Crippen molar-refractivity contribution in [3.8, 4) is 6.07 Å². The number of piperidine rings is 1. The van der Waals surface area contributed by atoms with Crippen LogP contribution >= 0.6 is 0 Å². The van der Waals surface area contributed by atoms with Crippen LogP contribution in [0.5, 0.6) is 0 Å². The van der Waals surface area contributed by atoms with E-state index in [0.29, 0.717) is 25.1 Å². The Morgan fingerprint density at radius 3 is 2.50 bits per heavy atom. The molecule has 1 heterocycles. The summed E-state index contributed by atoms with van der Waals surface area (Å²) in [6.45, 7) is 1.20. The van der Waals surface area contributed by atoms with E-state index in [0.717, 1.165) is 13.0 Å². The van der Waals surface area contributed by atoms with Crippen LogP contribution in [0, 0.1) is 23.0 Å². The number of benzene rings is 1. The number of rotatable bonds is 3. The SMILES string of the molecule is N#Cc1cc(F)c(S(=O)(=O)NC2CCCNC2)c(F)c1. The molecule has 1 aliphatic rings. The Hall–Kier alpha value is -1.56. The second-order valence-corrected chi connectivity index (χ2v) is 6.20. The van der Waals surface area contributed by atoms with Gasteiger partial charge in [-0.3, -0.25) is 0 Å². The van der Waals surface area contributed by atoms with Gasteiger partial charge in [0, 0.05) is 12.6 Å². The van der Waals surface area contributed by atoms with Crippen molar-refractivity contribution in [3.63, 3.8) is 0 Å². The van der Waals surface area contributed by atoms with Crippen molar-refractivity contribution < 1.29 is 17.2 Å². The van der Waals surface area contributed by atoms with Crippen molar-refractivity contribution in [3.05, 3.63) is 29.3 Å². The molecule has 0 aliphatic carbocycles. The molecule has 8 heteroatoms. The Morgan fingerprint density at radius 1 is 1.35 bits per heavy atom. The number of halogens is 2. The van der Waals surface area contributed by atoms with Gasteiger partial charge in [-0.1, -0.05) is 0 Å². The van der Waals surface area contributed by atoms with Crippen LogP contribution < -0.4 is 10.0 Å². The number of nitrogens with zero attached hydrogens (tertiary/aromatic N) is 1. The Kier molecular flexibility index (Phi) is 4.32. The molecule has 1 saturated heterocycles. The molecule has 0 amide bonds. The average molecular weight is 301 g/mol. The predicted molar refractivity (Wildman–Crippen MR) is 67.3 cm³/mol. The quantitative estimate of drug-likeness (QED) is 0.868. The molecule has 1 fully saturated rings. The van der Waals surface area contributed by atoms with Crippen LogP contribution in [0.1, 0.15) is 18.4 Å². The second-order valence-electron chi connectivity index (χ2n) is 4.55. The molecule has 1 unspecified atom stereocenters. The van der Waals surface area contributed by atoms with E-state index in [1.165, 1.54) is 0 Å². The lowest BCUT2D eigenvalue weighted by Gasteiger charge is -2.23. The highest BCUT2D eigenvalue weighted by atomic mass is 32.2. The number of nitrogens with one attached hydrogen (secondary N) is 2. The Bertz CT molecular complexity index is 626. The Morgan fingerprint density at radius 2 is 2.00 bits per heavy atom. The van der Waals surface area contributed by atoms with Crippen molar-refractivity contribution in [2.24, 2.45) is 0 Å². The van der Waals surface area contributed by atoms with Crippen molar-refractivity contribution in [1.82, 2.24) is 10.0 Å². The lowest BCUT2D eigenvalue weighted by Crippen LogP contribution is -2.45. The van der Waals surface area contributed by atoms with E-state index < -0.39 is 32.6 Å². The maximum absolute atomic E-state index is 13.7. The first kappa shape index (κ1) is 14.8. The predicted octanol–water partition coefficient (Wildman–Crippen LogP) is 0.867. The smallest absolute Gasteiger partial charge is 0.246 e. The van der Waals surface area contributed by atoms with Gasteiger partial charge in [0.15, 0.2) is 4.90 Å². The molecule has 2 rings (SSSR count). The lowest BCUT2D eigenvalue weighted by molar-refractivity contribution is 0.425. The monoisotopic (exact) mass is 301 g/mol. The van der Waals surface area contributed by atoms with Gasteiger partial charge in [0.05, 0.1) is 11.6 Å². The first-order valence-corrected chi connectivity index (χ1v) is 7.54. The van der Waals surface area contributed by atoms with Crippen LogP contribution in [0.25, 0.3) is 0 Å². The maximum Gasteiger partial charge on any atom is 0.246 e. The fraction of sp³-hybridized carbons (Fsp3) is 0.417. The van der Waals surface area contributed by atoms with E-state index in [1.807, 2.05) is 0 Å². The third-order valence-electron chi connectivity index (χ3n) is 3.01. The third-order valence-corrected chi connectivity index (χ3v) is 4.59. The van der Waals surface area contributed by atoms with Crippen LogP contribution in [-0.2, 0) is 10.0 Å². The van der Waals surface area contributed by atoms with E-state index in [4.69, 9.17) is 5.26 Å². The molecule has 5 nitrogen and oxygen atoms in total. The molecule has 1 aromatic carbocycles. The van der Waals surface area contributed by atoms with Crippen molar-refractivity contribution in [2.45, 2.75) is 23.8 Å². The number of sulfonamides is 1. The summed E-state index contributed by atoms with van der Waals surface area (Å²) in [5.41, 5.74) is -0.265. The fourth-order valence-corrected chi connectivity index (χ4v) is 3.50. The molecule has 0 saturated carbocycles. The van der Waals surface area contributed by atoms with E-state index in [9.17, 15) is 17.2 Å². The summed E-state index contributed by atoms with van der Waals surface area (Å²) >= 11 is 0. The molecule has 0 radical (unpaired) electrons. The van der Waals surface area contributed by atoms with Gasteiger partial charge in [0.25, 0.3) is 0 Å². The van der Waals surface area contributed by atoms with E-state index in [2.05, 4.69) is 10.0 Å². The summed E-state index contributed by atoms with van der Waals surface area (Å²) in [5, 5.41) is 11.6. The minimum atomic E-state index is -4.30. The summed E-state index contributed by atoms with van der Waals surface area (Å²) in [4.78, 5) is -1.04. The highest BCUT2D eigenvalue weighted by Crippen LogP contribution is 2.21. The normalized spacial score (nSPS) is 19.6. The minimum Gasteiger partial charge on any atom is -0.315 e. The zero-order chi connectivity index (χ0) is 14.8. The molecular weight excluding hydrogens is 288 g/mol. The minimum absolute atomic E-state index is 0.265. The standard InChI is InChI=1S/C12H13F2N3O2S/c13-10-4-8(6-15)5-11(14)12(10)20(18,19)17-9-2-1-3-16-7-9/h4-5,9,16-17H,1-3,7H2. The summed E-state index contributed by atoms with van der Waals surface area (Å²) < 4.78 is 53.8. The number of hydrogen-bond donors (Lipinski definition) is 2. The third kappa shape index (κ3) is 3.12. The summed E-state index contributed by atoms with van der Waals surface area (Å²) in [5.74, 6) is -2.53. The zero-order valence-corrected chi connectivity index (χ0v) is 11.3. The van der Waals surface area contributed by atoms with Crippen molar-refractivity contribution in [2.75, 3.05) is 13.1 Å². The number of nitriles is 1. The second kappa shape index (κ2) is 5.83. The summed E-state index contributed by atoms with van der Waals surface area (Å²) in [6.07, 6.45) is 1.39. The van der Waals surface area contributed by atoms with Crippen molar-refractivity contribution in [1.29, 1.82) is 5.26 Å². The molecule has 2 N–H and O–H groups in total. The van der Waals surface area contributed by atoms with Gasteiger partial charge in [0.1, 0.15) is 11.6 Å². The molecule has 1 aromatic rings. The maximum atomic E-state index is 13.7. The highest BCUT2D eigenvalue weighted by Gasteiger charge is 2.28. The van der Waals surface area contributed by atoms with Crippen LogP contribution in [0.2, 0.25) is 0 Å². The largest absolute Gasteiger partial charge is 0.315 e. The fourth-order valence-electron chi connectivity index (χ4n) is 2.11. The Labute approximate surface area is 115 Å². The number of hydrogen-bond acceptors (Lipinski definition) is 4. The Balaban J connectivity index is 2.32. The van der Waals surface area contributed by atoms with E-state index >= 15 is 0 Å². The molecule has 0 spiro atoms. The first-order chi connectivity index (χ1) is 9.44. The molecule has 0 aromatic heterocycles. The molecule has 1 atom stereocenters. The van der Waals surface area contributed by atoms with Gasteiger partial charge in [0.2, 0.25) is 10.0 Å². The van der Waals surface area contributed by atoms with Crippen LogP contribution in [0.4, 0.5) is 8.78 Å². The molecule has 20 heavy (non-hydrogen) atoms. The van der Waals surface area contributed by atoms with Gasteiger partial charge in [-0.05, 0) is 31.5 Å². The van der Waals surface area contributed by atoms with Gasteiger partial charge < -0.3 is 5.32 Å². The molecule has 1 aliphatic heterocycles. The van der Waals surface area contributed by atoms with E-state index in [1.54, 1.807) is 6.07 Å². The van der Waals surface area contributed by atoms with Crippen LogP contribution in [0.15, 0.2) is 17.0 Å². The molecule has 0 bridgehead atoms. The molecule has 108 valence electrons.